The van der Waals surface area contributed by atoms with Crippen LogP contribution in [-0.4, -0.2) is 75.3 Å². The van der Waals surface area contributed by atoms with Crippen molar-refractivity contribution in [1.29, 1.82) is 0 Å². The molecular formula is C13H19N5O11P2. The maximum absolute atomic E-state index is 11.6. The van der Waals surface area contributed by atoms with Crippen molar-refractivity contribution in [2.75, 3.05) is 12.3 Å². The summed E-state index contributed by atoms with van der Waals surface area (Å²) in [5.74, 6) is 0.0347. The summed E-state index contributed by atoms with van der Waals surface area (Å²) in [6, 6.07) is 0. The minimum absolute atomic E-state index is 0.0347. The maximum atomic E-state index is 11.6. The van der Waals surface area contributed by atoms with Gasteiger partial charge in [-0.15, -0.1) is 0 Å². The van der Waals surface area contributed by atoms with E-state index in [2.05, 4.69) is 24.0 Å². The number of nitrogen functional groups attached to an aromatic ring is 1. The standard InChI is InChI=1S/C13H19N5O11P2/c1-13(20)9(19)7(4-27-31(25,26)29-30(22,23)24)28-12(13)18-3-6(2-17-21)8-10(14)15-5-16-11(8)18/h2-3,5,7,9,12,19-21H,4H2,1H3,(H,25,26)(H2,14,15,16)(H2,22,23,24)/t7?,9?,12?,13-/m1/s1. The molecule has 1 aliphatic heterocycles. The van der Waals surface area contributed by atoms with Crippen LogP contribution in [0.15, 0.2) is 17.7 Å². The number of anilines is 1. The van der Waals surface area contributed by atoms with Crippen LogP contribution in [-0.2, 0) is 22.7 Å². The summed E-state index contributed by atoms with van der Waals surface area (Å²) >= 11 is 0. The molecule has 8 N–H and O–H groups in total. The van der Waals surface area contributed by atoms with E-state index >= 15 is 0 Å². The Bertz CT molecular complexity index is 1100. The van der Waals surface area contributed by atoms with Crippen LogP contribution in [0.3, 0.4) is 0 Å². The predicted molar refractivity (Wildman–Crippen MR) is 101 cm³/mol. The number of ether oxygens (including phenoxy) is 1. The third-order valence-electron chi connectivity index (χ3n) is 4.48. The lowest BCUT2D eigenvalue weighted by atomic mass is 9.96. The van der Waals surface area contributed by atoms with Gasteiger partial charge in [0.15, 0.2) is 6.23 Å². The Balaban J connectivity index is 1.91. The molecule has 1 aliphatic rings. The second kappa shape index (κ2) is 8.18. The van der Waals surface area contributed by atoms with Crippen LogP contribution >= 0.6 is 15.6 Å². The highest BCUT2D eigenvalue weighted by Crippen LogP contribution is 2.58. The molecule has 172 valence electrons. The number of phosphoric ester groups is 1. The van der Waals surface area contributed by atoms with E-state index < -0.39 is 46.3 Å². The predicted octanol–water partition coefficient (Wildman–Crippen LogP) is -0.943. The molecular weight excluding hydrogens is 464 g/mol. The van der Waals surface area contributed by atoms with Crippen LogP contribution in [0.2, 0.25) is 0 Å². The van der Waals surface area contributed by atoms with Gasteiger partial charge in [-0.25, -0.2) is 19.1 Å². The van der Waals surface area contributed by atoms with Gasteiger partial charge in [0.1, 0.15) is 35.6 Å². The van der Waals surface area contributed by atoms with Gasteiger partial charge < -0.3 is 45.1 Å². The highest BCUT2D eigenvalue weighted by atomic mass is 31.3. The van der Waals surface area contributed by atoms with Gasteiger partial charge in [-0.1, -0.05) is 5.16 Å². The molecule has 2 aromatic rings. The van der Waals surface area contributed by atoms with E-state index in [1.54, 1.807) is 0 Å². The van der Waals surface area contributed by atoms with Crippen LogP contribution < -0.4 is 5.73 Å². The molecule has 0 bridgehead atoms. The van der Waals surface area contributed by atoms with Crippen molar-refractivity contribution in [3.8, 4) is 0 Å². The Labute approximate surface area is 173 Å². The van der Waals surface area contributed by atoms with Crippen molar-refractivity contribution in [3.05, 3.63) is 18.1 Å². The van der Waals surface area contributed by atoms with E-state index in [-0.39, 0.29) is 22.4 Å². The summed E-state index contributed by atoms with van der Waals surface area (Å²) in [7, 11) is -10.5. The molecule has 0 spiro atoms. The zero-order chi connectivity index (χ0) is 23.2. The van der Waals surface area contributed by atoms with Gasteiger partial charge >= 0.3 is 15.6 Å². The van der Waals surface area contributed by atoms with Crippen molar-refractivity contribution in [3.63, 3.8) is 0 Å². The van der Waals surface area contributed by atoms with Crippen molar-refractivity contribution in [2.45, 2.75) is 31.0 Å². The normalized spacial score (nSPS) is 29.0. The lowest BCUT2D eigenvalue weighted by molar-refractivity contribution is -0.0947. The number of aliphatic hydroxyl groups excluding tert-OH is 1. The van der Waals surface area contributed by atoms with Crippen LogP contribution in [0.25, 0.3) is 11.0 Å². The van der Waals surface area contributed by atoms with Gasteiger partial charge in [0.05, 0.1) is 18.2 Å². The molecule has 16 nitrogen and oxygen atoms in total. The summed E-state index contributed by atoms with van der Waals surface area (Å²) < 4.78 is 37.4. The van der Waals surface area contributed by atoms with Crippen molar-refractivity contribution >= 4 is 38.7 Å². The second-order valence-electron chi connectivity index (χ2n) is 6.73. The SMILES string of the molecule is C[C@@]1(O)C(O)C(COP(=O)(O)OP(=O)(O)O)OC1n1cc(C=NO)c2c(N)ncnc21. The maximum Gasteiger partial charge on any atom is 0.481 e. The lowest BCUT2D eigenvalue weighted by Crippen LogP contribution is -2.44. The van der Waals surface area contributed by atoms with E-state index in [0.29, 0.717) is 0 Å². The van der Waals surface area contributed by atoms with Crippen molar-refractivity contribution < 1.29 is 52.8 Å². The molecule has 3 heterocycles. The Morgan fingerprint density at radius 2 is 2.06 bits per heavy atom. The minimum atomic E-state index is -5.34. The van der Waals surface area contributed by atoms with E-state index in [1.807, 2.05) is 0 Å². The van der Waals surface area contributed by atoms with E-state index in [4.69, 9.17) is 25.5 Å². The second-order valence-corrected chi connectivity index (χ2v) is 9.56. The average Bonchev–Trinajstić information content (AvgIpc) is 3.09. The first-order chi connectivity index (χ1) is 14.3. The number of nitrogens with two attached hydrogens (primary N) is 1. The molecule has 18 heteroatoms. The average molecular weight is 483 g/mol. The first-order valence-electron chi connectivity index (χ1n) is 8.35. The van der Waals surface area contributed by atoms with Crippen molar-refractivity contribution in [1.82, 2.24) is 14.5 Å². The Morgan fingerprint density at radius 1 is 1.39 bits per heavy atom. The van der Waals surface area contributed by atoms with Crippen LogP contribution in [0.4, 0.5) is 5.82 Å². The Hall–Kier alpha value is -1.97. The molecule has 0 aromatic carbocycles. The number of hydrogen-bond donors (Lipinski definition) is 7. The van der Waals surface area contributed by atoms with Gasteiger partial charge in [0.2, 0.25) is 0 Å². The van der Waals surface area contributed by atoms with Crippen LogP contribution in [0.1, 0.15) is 18.7 Å². The van der Waals surface area contributed by atoms with Gasteiger partial charge in [-0.05, 0) is 6.92 Å². The van der Waals surface area contributed by atoms with Crippen molar-refractivity contribution in [2.24, 2.45) is 5.16 Å². The first kappa shape index (κ1) is 23.7. The third-order valence-corrected chi connectivity index (χ3v) is 6.64. The topological polar surface area (TPSA) is 252 Å². The van der Waals surface area contributed by atoms with Gasteiger partial charge in [-0.2, -0.15) is 4.31 Å². The number of aromatic nitrogens is 3. The highest BCUT2D eigenvalue weighted by molar-refractivity contribution is 7.60. The summed E-state index contributed by atoms with van der Waals surface area (Å²) in [5.41, 5.74) is 4.26. The smallest absolute Gasteiger partial charge is 0.411 e. The molecule has 0 amide bonds. The largest absolute Gasteiger partial charge is 0.481 e. The Kier molecular flexibility index (Phi) is 6.25. The summed E-state index contributed by atoms with van der Waals surface area (Å²) in [5, 5.41) is 33.4. The van der Waals surface area contributed by atoms with Gasteiger partial charge in [0.25, 0.3) is 0 Å². The number of aliphatic hydroxyl groups is 2. The molecule has 0 radical (unpaired) electrons. The van der Waals surface area contributed by atoms with E-state index in [1.165, 1.54) is 17.7 Å². The number of phosphoric acid groups is 2. The van der Waals surface area contributed by atoms with Gasteiger partial charge in [-0.3, -0.25) is 4.52 Å². The minimum Gasteiger partial charge on any atom is -0.411 e. The summed E-state index contributed by atoms with van der Waals surface area (Å²) in [6.07, 6.45) is -0.907. The number of hydrogen-bond acceptors (Lipinski definition) is 12. The molecule has 0 aliphatic carbocycles. The molecule has 31 heavy (non-hydrogen) atoms. The summed E-state index contributed by atoms with van der Waals surface area (Å²) in [6.45, 7) is 0.339. The number of rotatable bonds is 7. The molecule has 1 fully saturated rings. The zero-order valence-corrected chi connectivity index (χ0v) is 17.4. The van der Waals surface area contributed by atoms with Gasteiger partial charge in [0, 0.05) is 11.8 Å². The molecule has 1 saturated heterocycles. The highest BCUT2D eigenvalue weighted by Gasteiger charge is 2.54. The fraction of sp³-hybridized carbons (Fsp3) is 0.462. The fourth-order valence-corrected chi connectivity index (χ4v) is 4.78. The fourth-order valence-electron chi connectivity index (χ4n) is 3.18. The molecule has 3 rings (SSSR count). The van der Waals surface area contributed by atoms with E-state index in [0.717, 1.165) is 12.5 Å². The number of nitrogens with zero attached hydrogens (tertiary/aromatic N) is 4. The van der Waals surface area contributed by atoms with Crippen LogP contribution in [0, 0.1) is 0 Å². The monoisotopic (exact) mass is 483 g/mol. The lowest BCUT2D eigenvalue weighted by Gasteiger charge is -2.27. The number of fused-ring (bicyclic) bond motifs is 1. The Morgan fingerprint density at radius 3 is 2.68 bits per heavy atom. The molecule has 2 aromatic heterocycles. The third kappa shape index (κ3) is 4.78. The zero-order valence-electron chi connectivity index (χ0n) is 15.7. The molecule has 0 saturated carbocycles. The summed E-state index contributed by atoms with van der Waals surface area (Å²) in [4.78, 5) is 34.6. The van der Waals surface area contributed by atoms with Crippen LogP contribution in [0.5, 0.6) is 0 Å². The number of oxime groups is 1. The first-order valence-corrected chi connectivity index (χ1v) is 11.4. The van der Waals surface area contributed by atoms with E-state index in [9.17, 15) is 24.2 Å². The molecule has 4 unspecified atom stereocenters. The molecule has 5 atom stereocenters. The quantitative estimate of drug-likeness (QED) is 0.109.